The third-order valence-electron chi connectivity index (χ3n) is 4.22. The van der Waals surface area contributed by atoms with Crippen molar-refractivity contribution in [2.45, 2.75) is 40.0 Å². The highest BCUT2D eigenvalue weighted by Crippen LogP contribution is 2.21. The van der Waals surface area contributed by atoms with Crippen LogP contribution in [0.5, 0.6) is 5.75 Å². The summed E-state index contributed by atoms with van der Waals surface area (Å²) in [7, 11) is 0. The molecule has 0 heterocycles. The van der Waals surface area contributed by atoms with E-state index in [1.54, 1.807) is 0 Å². The van der Waals surface area contributed by atoms with Gasteiger partial charge in [0.1, 0.15) is 5.75 Å². The van der Waals surface area contributed by atoms with Crippen molar-refractivity contribution in [1.29, 1.82) is 0 Å². The third-order valence-corrected chi connectivity index (χ3v) is 4.22. The van der Waals surface area contributed by atoms with Gasteiger partial charge in [0.2, 0.25) is 0 Å². The summed E-state index contributed by atoms with van der Waals surface area (Å²) in [4.78, 5) is 12.0. The molecule has 3 heteroatoms. The van der Waals surface area contributed by atoms with E-state index in [1.807, 2.05) is 44.2 Å². The van der Waals surface area contributed by atoms with Gasteiger partial charge < -0.3 is 10.1 Å². The maximum Gasteiger partial charge on any atom is 0.262 e. The van der Waals surface area contributed by atoms with Crippen LogP contribution in [0.2, 0.25) is 0 Å². The Kier molecular flexibility index (Phi) is 5.80. The zero-order chi connectivity index (χ0) is 16.8. The van der Waals surface area contributed by atoms with Gasteiger partial charge in [-0.3, -0.25) is 4.79 Å². The molecular formula is C20H25NO2. The Labute approximate surface area is 138 Å². The summed E-state index contributed by atoms with van der Waals surface area (Å²) in [5.74, 6) is 1.10. The largest absolute Gasteiger partial charge is 0.484 e. The SMILES string of the molecule is CC[C@H](C)c1ccc(OCC(=O)Nc2ccc(C)c(C)c2)cc1. The molecule has 0 aliphatic rings. The molecule has 0 fully saturated rings. The van der Waals surface area contributed by atoms with Crippen molar-refractivity contribution in [2.75, 3.05) is 11.9 Å². The number of amides is 1. The predicted octanol–water partition coefficient (Wildman–Crippen LogP) is 4.83. The van der Waals surface area contributed by atoms with Gasteiger partial charge in [-0.1, -0.05) is 32.0 Å². The first-order valence-electron chi connectivity index (χ1n) is 8.09. The van der Waals surface area contributed by atoms with Crippen LogP contribution in [0.25, 0.3) is 0 Å². The average Bonchev–Trinajstić information content (AvgIpc) is 2.56. The lowest BCUT2D eigenvalue weighted by atomic mass is 9.99. The van der Waals surface area contributed by atoms with Crippen LogP contribution in [-0.2, 0) is 4.79 Å². The monoisotopic (exact) mass is 311 g/mol. The van der Waals surface area contributed by atoms with E-state index in [0.29, 0.717) is 11.7 Å². The van der Waals surface area contributed by atoms with E-state index < -0.39 is 0 Å². The van der Waals surface area contributed by atoms with E-state index in [4.69, 9.17) is 4.74 Å². The number of rotatable bonds is 6. The summed E-state index contributed by atoms with van der Waals surface area (Å²) >= 11 is 0. The highest BCUT2D eigenvalue weighted by atomic mass is 16.5. The Balaban J connectivity index is 1.87. The molecule has 1 amide bonds. The Morgan fingerprint density at radius 1 is 1.09 bits per heavy atom. The van der Waals surface area contributed by atoms with Gasteiger partial charge >= 0.3 is 0 Å². The molecule has 1 N–H and O–H groups in total. The van der Waals surface area contributed by atoms with E-state index in [-0.39, 0.29) is 12.5 Å². The van der Waals surface area contributed by atoms with Crippen LogP contribution < -0.4 is 10.1 Å². The fourth-order valence-corrected chi connectivity index (χ4v) is 2.29. The van der Waals surface area contributed by atoms with Gasteiger partial charge in [-0.15, -0.1) is 0 Å². The summed E-state index contributed by atoms with van der Waals surface area (Å²) in [6.45, 7) is 8.46. The van der Waals surface area contributed by atoms with Crippen LogP contribution in [0.15, 0.2) is 42.5 Å². The second-order valence-corrected chi connectivity index (χ2v) is 6.01. The number of benzene rings is 2. The van der Waals surface area contributed by atoms with E-state index in [0.717, 1.165) is 17.7 Å². The van der Waals surface area contributed by atoms with Gasteiger partial charge in [-0.25, -0.2) is 0 Å². The molecule has 0 saturated heterocycles. The summed E-state index contributed by atoms with van der Waals surface area (Å²) < 4.78 is 5.55. The molecule has 2 aromatic carbocycles. The Hall–Kier alpha value is -2.29. The predicted molar refractivity (Wildman–Crippen MR) is 95.2 cm³/mol. The van der Waals surface area contributed by atoms with Crippen LogP contribution in [0.3, 0.4) is 0 Å². The van der Waals surface area contributed by atoms with Gasteiger partial charge in [-0.2, -0.15) is 0 Å². The Morgan fingerprint density at radius 2 is 1.78 bits per heavy atom. The minimum absolute atomic E-state index is 0.00953. The number of aryl methyl sites for hydroxylation is 2. The fourth-order valence-electron chi connectivity index (χ4n) is 2.29. The molecule has 23 heavy (non-hydrogen) atoms. The first-order chi connectivity index (χ1) is 11.0. The molecular weight excluding hydrogens is 286 g/mol. The van der Waals surface area contributed by atoms with Crippen LogP contribution in [0.4, 0.5) is 5.69 Å². The molecule has 0 aliphatic carbocycles. The number of anilines is 1. The smallest absolute Gasteiger partial charge is 0.262 e. The summed E-state index contributed by atoms with van der Waals surface area (Å²) in [5.41, 5.74) is 4.46. The molecule has 1 atom stereocenters. The van der Waals surface area contributed by atoms with Gasteiger partial charge in [0.05, 0.1) is 0 Å². The number of ether oxygens (including phenoxy) is 1. The molecule has 2 rings (SSSR count). The maximum absolute atomic E-state index is 12.0. The number of carbonyl (C=O) groups excluding carboxylic acids is 1. The molecule has 122 valence electrons. The second-order valence-electron chi connectivity index (χ2n) is 6.01. The molecule has 0 radical (unpaired) electrons. The Bertz CT molecular complexity index is 662. The number of hydrogen-bond donors (Lipinski definition) is 1. The van der Waals surface area contributed by atoms with Crippen molar-refractivity contribution in [1.82, 2.24) is 0 Å². The average molecular weight is 311 g/mol. The molecule has 0 saturated carbocycles. The quantitative estimate of drug-likeness (QED) is 0.829. The first-order valence-corrected chi connectivity index (χ1v) is 8.09. The van der Waals surface area contributed by atoms with Crippen molar-refractivity contribution in [3.63, 3.8) is 0 Å². The van der Waals surface area contributed by atoms with Crippen LogP contribution in [0.1, 0.15) is 42.9 Å². The van der Waals surface area contributed by atoms with Crippen LogP contribution in [0, 0.1) is 13.8 Å². The van der Waals surface area contributed by atoms with Gasteiger partial charge in [0.25, 0.3) is 5.91 Å². The molecule has 0 unspecified atom stereocenters. The maximum atomic E-state index is 12.0. The number of nitrogens with one attached hydrogen (secondary N) is 1. The zero-order valence-corrected chi connectivity index (χ0v) is 14.3. The minimum atomic E-state index is -0.153. The van der Waals surface area contributed by atoms with Gasteiger partial charge in [0.15, 0.2) is 6.61 Å². The van der Waals surface area contributed by atoms with E-state index in [1.165, 1.54) is 11.1 Å². The summed E-state index contributed by atoms with van der Waals surface area (Å²) in [6, 6.07) is 13.8. The molecule has 0 spiro atoms. The lowest BCUT2D eigenvalue weighted by molar-refractivity contribution is -0.118. The standard InChI is InChI=1S/C20H25NO2/c1-5-14(2)17-7-10-19(11-8-17)23-13-20(22)21-18-9-6-15(3)16(4)12-18/h6-12,14H,5,13H2,1-4H3,(H,21,22)/t14-/m0/s1. The fraction of sp³-hybridized carbons (Fsp3) is 0.350. The first kappa shape index (κ1) is 17.1. The van der Waals surface area contributed by atoms with E-state index in [9.17, 15) is 4.79 Å². The highest BCUT2D eigenvalue weighted by Gasteiger charge is 2.06. The van der Waals surface area contributed by atoms with E-state index >= 15 is 0 Å². The van der Waals surface area contributed by atoms with Crippen LogP contribution >= 0.6 is 0 Å². The zero-order valence-electron chi connectivity index (χ0n) is 14.3. The third kappa shape index (κ3) is 4.85. The van der Waals surface area contributed by atoms with Gasteiger partial charge in [-0.05, 0) is 67.1 Å². The van der Waals surface area contributed by atoms with Crippen LogP contribution in [-0.4, -0.2) is 12.5 Å². The molecule has 0 aromatic heterocycles. The summed E-state index contributed by atoms with van der Waals surface area (Å²) in [6.07, 6.45) is 1.11. The molecule has 2 aromatic rings. The second kappa shape index (κ2) is 7.82. The lowest BCUT2D eigenvalue weighted by Crippen LogP contribution is -2.20. The highest BCUT2D eigenvalue weighted by molar-refractivity contribution is 5.92. The number of carbonyl (C=O) groups is 1. The van der Waals surface area contributed by atoms with Crippen molar-refractivity contribution in [2.24, 2.45) is 0 Å². The van der Waals surface area contributed by atoms with Crippen molar-refractivity contribution < 1.29 is 9.53 Å². The summed E-state index contributed by atoms with van der Waals surface area (Å²) in [5, 5.41) is 2.86. The number of hydrogen-bond acceptors (Lipinski definition) is 2. The Morgan fingerprint density at radius 3 is 2.39 bits per heavy atom. The minimum Gasteiger partial charge on any atom is -0.484 e. The normalized spacial score (nSPS) is 11.8. The molecule has 0 bridgehead atoms. The van der Waals surface area contributed by atoms with Crippen molar-refractivity contribution >= 4 is 11.6 Å². The van der Waals surface area contributed by atoms with Crippen molar-refractivity contribution in [3.8, 4) is 5.75 Å². The van der Waals surface area contributed by atoms with E-state index in [2.05, 4.69) is 31.3 Å². The van der Waals surface area contributed by atoms with Crippen molar-refractivity contribution in [3.05, 3.63) is 59.2 Å². The topological polar surface area (TPSA) is 38.3 Å². The molecule has 0 aliphatic heterocycles. The van der Waals surface area contributed by atoms with Gasteiger partial charge in [0, 0.05) is 5.69 Å². The lowest BCUT2D eigenvalue weighted by Gasteiger charge is -2.11. The molecule has 3 nitrogen and oxygen atoms in total.